The molecule has 0 aliphatic carbocycles. The van der Waals surface area contributed by atoms with E-state index in [1.54, 1.807) is 30.3 Å². The Labute approximate surface area is 133 Å². The molecule has 2 rings (SSSR count). The van der Waals surface area contributed by atoms with Crippen molar-refractivity contribution in [1.82, 2.24) is 0 Å². The highest BCUT2D eigenvalue weighted by Crippen LogP contribution is 2.33. The van der Waals surface area contributed by atoms with Crippen LogP contribution in [-0.4, -0.2) is 22.8 Å². The molecule has 0 saturated heterocycles. The van der Waals surface area contributed by atoms with Crippen LogP contribution >= 0.6 is 11.3 Å². The van der Waals surface area contributed by atoms with Crippen LogP contribution in [0.25, 0.3) is 0 Å². The Kier molecular flexibility index (Phi) is 5.68. The van der Waals surface area contributed by atoms with Crippen molar-refractivity contribution in [3.05, 3.63) is 40.1 Å². The molecule has 3 N–H and O–H groups in total. The molecule has 0 spiro atoms. The van der Waals surface area contributed by atoms with Crippen LogP contribution < -0.4 is 5.32 Å². The maximum Gasteiger partial charge on any atom is 0.162 e. The molecular weight excluding hydrogens is 300 g/mol. The van der Waals surface area contributed by atoms with E-state index >= 15 is 0 Å². The highest BCUT2D eigenvalue weighted by molar-refractivity contribution is 7.14. The Bertz CT molecular complexity index is 650. The molecule has 0 aliphatic rings. The minimum atomic E-state index is -0.553. The second kappa shape index (κ2) is 7.72. The molecule has 22 heavy (non-hydrogen) atoms. The van der Waals surface area contributed by atoms with Gasteiger partial charge in [0.05, 0.1) is 23.0 Å². The topological polar surface area (TPSA) is 81.9 Å². The van der Waals surface area contributed by atoms with Gasteiger partial charge in [0.1, 0.15) is 5.75 Å². The summed E-state index contributed by atoms with van der Waals surface area (Å²) in [5, 5.41) is 22.1. The molecule has 1 aromatic heterocycles. The van der Waals surface area contributed by atoms with E-state index in [9.17, 15) is 15.0 Å². The fourth-order valence-corrected chi connectivity index (χ4v) is 2.86. The summed E-state index contributed by atoms with van der Waals surface area (Å²) in [5.41, 5.74) is 1.31. The predicted molar refractivity (Wildman–Crippen MR) is 89.5 cm³/mol. The Hall–Kier alpha value is -2.18. The molecule has 1 unspecified atom stereocenters. The van der Waals surface area contributed by atoms with Crippen LogP contribution in [0, 0.1) is 0 Å². The number of aldehydes is 1. The Balaban J connectivity index is 2.09. The van der Waals surface area contributed by atoms with Gasteiger partial charge >= 0.3 is 0 Å². The van der Waals surface area contributed by atoms with Crippen LogP contribution in [-0.2, 0) is 0 Å². The van der Waals surface area contributed by atoms with Gasteiger partial charge in [0.15, 0.2) is 6.29 Å². The summed E-state index contributed by atoms with van der Waals surface area (Å²) in [6.45, 7) is 2.00. The summed E-state index contributed by atoms with van der Waals surface area (Å²) < 4.78 is 0. The molecule has 0 bridgehead atoms. The third-order valence-electron chi connectivity index (χ3n) is 3.06. The number of thiophene rings is 1. The molecule has 2 aromatic rings. The molecule has 6 heteroatoms. The highest BCUT2D eigenvalue weighted by atomic mass is 32.1. The van der Waals surface area contributed by atoms with Gasteiger partial charge in [-0.1, -0.05) is 13.3 Å². The second-order valence-electron chi connectivity index (χ2n) is 4.77. The third-order valence-corrected chi connectivity index (χ3v) is 4.21. The van der Waals surface area contributed by atoms with Crippen molar-refractivity contribution < 1.29 is 15.0 Å². The number of aliphatic hydroxyl groups excluding tert-OH is 1. The molecule has 0 amide bonds. The Morgan fingerprint density at radius 3 is 2.73 bits per heavy atom. The summed E-state index contributed by atoms with van der Waals surface area (Å²) in [7, 11) is 0. The van der Waals surface area contributed by atoms with E-state index in [0.717, 1.165) is 23.3 Å². The van der Waals surface area contributed by atoms with Gasteiger partial charge in [0.2, 0.25) is 0 Å². The predicted octanol–water partition coefficient (Wildman–Crippen LogP) is 3.87. The molecule has 0 radical (unpaired) electrons. The van der Waals surface area contributed by atoms with Gasteiger partial charge in [0, 0.05) is 10.6 Å². The summed E-state index contributed by atoms with van der Waals surface area (Å²) in [6.07, 6.45) is 3.21. The van der Waals surface area contributed by atoms with Gasteiger partial charge in [-0.25, -0.2) is 4.99 Å². The normalized spacial score (nSPS) is 12.5. The zero-order chi connectivity index (χ0) is 15.9. The van der Waals surface area contributed by atoms with Crippen molar-refractivity contribution in [1.29, 1.82) is 0 Å². The first-order valence-electron chi connectivity index (χ1n) is 6.99. The lowest BCUT2D eigenvalue weighted by atomic mass is 10.2. The van der Waals surface area contributed by atoms with Crippen LogP contribution in [0.4, 0.5) is 11.4 Å². The molecule has 5 nitrogen and oxygen atoms in total. The van der Waals surface area contributed by atoms with Crippen molar-refractivity contribution in [3.8, 4) is 5.75 Å². The molecule has 0 aliphatic heterocycles. The molecular formula is C16H18N2O3S. The lowest BCUT2D eigenvalue weighted by molar-refractivity contribution is 0.112. The number of phenolic OH excluding ortho intramolecular Hbond substituents is 1. The van der Waals surface area contributed by atoms with Crippen LogP contribution in [0.15, 0.2) is 35.3 Å². The molecule has 1 heterocycles. The highest BCUT2D eigenvalue weighted by Gasteiger charge is 2.13. The van der Waals surface area contributed by atoms with E-state index in [4.69, 9.17) is 0 Å². The van der Waals surface area contributed by atoms with Crippen LogP contribution in [0.2, 0.25) is 0 Å². The van der Waals surface area contributed by atoms with E-state index in [2.05, 4.69) is 10.3 Å². The monoisotopic (exact) mass is 318 g/mol. The van der Waals surface area contributed by atoms with Crippen LogP contribution in [0.3, 0.4) is 0 Å². The van der Waals surface area contributed by atoms with Gasteiger partial charge in [0.25, 0.3) is 0 Å². The van der Waals surface area contributed by atoms with E-state index < -0.39 is 6.10 Å². The number of aliphatic hydroxyl groups is 1. The standard InChI is InChI=1S/C16H18N2O3S/c1-2-3-14(21)15-8-13(16(9-19)22-15)18-10-17-11-4-6-12(20)7-5-11/h4-10,14,20-21H,2-3H2,1H3,(H,17,18). The van der Waals surface area contributed by atoms with Crippen LogP contribution in [0.1, 0.15) is 40.4 Å². The van der Waals surface area contributed by atoms with E-state index in [0.29, 0.717) is 17.0 Å². The fraction of sp³-hybridized carbons (Fsp3) is 0.250. The second-order valence-corrected chi connectivity index (χ2v) is 5.89. The fourth-order valence-electron chi connectivity index (χ4n) is 1.91. The third kappa shape index (κ3) is 4.16. The van der Waals surface area contributed by atoms with Crippen molar-refractivity contribution in [2.75, 3.05) is 5.32 Å². The summed E-state index contributed by atoms with van der Waals surface area (Å²) in [4.78, 5) is 16.6. The van der Waals surface area contributed by atoms with Gasteiger partial charge in [-0.2, -0.15) is 0 Å². The first-order valence-corrected chi connectivity index (χ1v) is 7.80. The molecule has 1 atom stereocenters. The minimum Gasteiger partial charge on any atom is -0.508 e. The number of phenols is 1. The molecule has 0 fully saturated rings. The van der Waals surface area contributed by atoms with E-state index in [1.165, 1.54) is 17.7 Å². The van der Waals surface area contributed by atoms with Crippen molar-refractivity contribution >= 4 is 35.3 Å². The number of hydrogen-bond donors (Lipinski definition) is 3. The number of benzene rings is 1. The number of rotatable bonds is 7. The first-order chi connectivity index (χ1) is 10.6. The lowest BCUT2D eigenvalue weighted by Gasteiger charge is -2.04. The first kappa shape index (κ1) is 16.2. The van der Waals surface area contributed by atoms with Crippen molar-refractivity contribution in [3.63, 3.8) is 0 Å². The number of aliphatic imine (C=N–C) groups is 1. The van der Waals surface area contributed by atoms with Crippen LogP contribution in [0.5, 0.6) is 5.75 Å². The Morgan fingerprint density at radius 1 is 1.36 bits per heavy atom. The minimum absolute atomic E-state index is 0.193. The van der Waals surface area contributed by atoms with Gasteiger partial charge in [-0.05, 0) is 36.8 Å². The maximum atomic E-state index is 11.1. The summed E-state index contributed by atoms with van der Waals surface area (Å²) in [6, 6.07) is 8.30. The largest absolute Gasteiger partial charge is 0.508 e. The average Bonchev–Trinajstić information content (AvgIpc) is 2.93. The number of hydrogen-bond acceptors (Lipinski definition) is 5. The van der Waals surface area contributed by atoms with E-state index in [1.807, 2.05) is 6.92 Å². The van der Waals surface area contributed by atoms with Crippen molar-refractivity contribution in [2.45, 2.75) is 25.9 Å². The van der Waals surface area contributed by atoms with Gasteiger partial charge in [-0.15, -0.1) is 11.3 Å². The lowest BCUT2D eigenvalue weighted by Crippen LogP contribution is -1.93. The number of carbonyl (C=O) groups excluding carboxylic acids is 1. The molecule has 116 valence electrons. The zero-order valence-electron chi connectivity index (χ0n) is 12.2. The molecule has 1 aromatic carbocycles. The summed E-state index contributed by atoms with van der Waals surface area (Å²) >= 11 is 1.26. The molecule has 0 saturated carbocycles. The van der Waals surface area contributed by atoms with Gasteiger partial charge < -0.3 is 15.5 Å². The SMILES string of the molecule is CCCC(O)c1cc(N=CNc2ccc(O)cc2)c(C=O)s1. The Morgan fingerprint density at radius 2 is 2.09 bits per heavy atom. The smallest absolute Gasteiger partial charge is 0.162 e. The zero-order valence-corrected chi connectivity index (χ0v) is 13.0. The maximum absolute atomic E-state index is 11.1. The van der Waals surface area contributed by atoms with E-state index in [-0.39, 0.29) is 5.75 Å². The summed E-state index contributed by atoms with van der Waals surface area (Å²) in [5.74, 6) is 0.193. The number of aromatic hydroxyl groups is 1. The number of nitrogens with one attached hydrogen (secondary N) is 1. The number of nitrogens with zero attached hydrogens (tertiary/aromatic N) is 1. The number of anilines is 1. The average molecular weight is 318 g/mol. The number of carbonyl (C=O) groups is 1. The quantitative estimate of drug-likeness (QED) is 0.313. The van der Waals surface area contributed by atoms with Crippen molar-refractivity contribution in [2.24, 2.45) is 4.99 Å². The van der Waals surface area contributed by atoms with Gasteiger partial charge in [-0.3, -0.25) is 4.79 Å².